The quantitative estimate of drug-likeness (QED) is 0.324. The predicted octanol–water partition coefficient (Wildman–Crippen LogP) is 7.28. The number of hydrazone groups is 1. The molecule has 2 aliphatic heterocycles. The predicted molar refractivity (Wildman–Crippen MR) is 119 cm³/mol. The molecular weight excluding hydrogens is 556 g/mol. The lowest BCUT2D eigenvalue weighted by atomic mass is 9.96. The molecule has 3 heterocycles. The van der Waals surface area contributed by atoms with Gasteiger partial charge >= 0.3 is 0 Å². The van der Waals surface area contributed by atoms with E-state index in [1.165, 1.54) is 0 Å². The molecule has 2 atom stereocenters. The summed E-state index contributed by atoms with van der Waals surface area (Å²) in [6, 6.07) is 16.8. The van der Waals surface area contributed by atoms with Gasteiger partial charge < -0.3 is 4.74 Å². The number of nitrogens with zero attached hydrogens (tertiary/aromatic N) is 2. The molecule has 3 aromatic rings. The van der Waals surface area contributed by atoms with Crippen LogP contribution in [-0.2, 0) is 0 Å². The zero-order chi connectivity index (χ0) is 18.5. The summed E-state index contributed by atoms with van der Waals surface area (Å²) in [5.41, 5.74) is 3.38. The molecule has 2 aliphatic rings. The van der Waals surface area contributed by atoms with Crippen molar-refractivity contribution in [1.29, 1.82) is 0 Å². The molecule has 136 valence electrons. The zero-order valence-corrected chi connectivity index (χ0v) is 19.5. The lowest BCUT2D eigenvalue weighted by Crippen LogP contribution is -2.33. The molecule has 7 heteroatoms. The van der Waals surface area contributed by atoms with E-state index < -0.39 is 0 Å². The van der Waals surface area contributed by atoms with Crippen molar-refractivity contribution in [1.82, 2.24) is 5.01 Å². The van der Waals surface area contributed by atoms with Crippen molar-refractivity contribution >= 4 is 64.8 Å². The monoisotopic (exact) mass is 566 g/mol. The van der Waals surface area contributed by atoms with Gasteiger partial charge in [-0.1, -0.05) is 50.1 Å². The minimum atomic E-state index is -0.215. The van der Waals surface area contributed by atoms with Crippen LogP contribution in [-0.4, -0.2) is 10.7 Å². The number of hydrogen-bond donors (Lipinski definition) is 0. The lowest BCUT2D eigenvalue weighted by molar-refractivity contribution is -0.0172. The van der Waals surface area contributed by atoms with Gasteiger partial charge in [0.25, 0.3) is 0 Å². The van der Waals surface area contributed by atoms with Crippen LogP contribution in [0.15, 0.2) is 72.4 Å². The zero-order valence-electron chi connectivity index (χ0n) is 13.9. The summed E-state index contributed by atoms with van der Waals surface area (Å²) in [4.78, 5) is 1.15. The van der Waals surface area contributed by atoms with E-state index >= 15 is 0 Å². The van der Waals surface area contributed by atoms with E-state index in [-0.39, 0.29) is 12.3 Å². The molecule has 0 bridgehead atoms. The number of rotatable bonds is 2. The van der Waals surface area contributed by atoms with Crippen molar-refractivity contribution in [3.8, 4) is 5.75 Å². The van der Waals surface area contributed by atoms with Crippen LogP contribution in [0.3, 0.4) is 0 Å². The Labute approximate surface area is 186 Å². The van der Waals surface area contributed by atoms with Crippen LogP contribution >= 0.6 is 59.1 Å². The third-order valence-electron chi connectivity index (χ3n) is 4.77. The smallest absolute Gasteiger partial charge is 0.223 e. The third kappa shape index (κ3) is 3.18. The molecule has 0 spiro atoms. The molecule has 1 aromatic heterocycles. The fourth-order valence-electron chi connectivity index (χ4n) is 3.55. The second-order valence-corrected chi connectivity index (χ2v) is 10.1. The summed E-state index contributed by atoms with van der Waals surface area (Å²) < 4.78 is 9.50. The van der Waals surface area contributed by atoms with Crippen molar-refractivity contribution in [3.63, 3.8) is 0 Å². The molecule has 0 unspecified atom stereocenters. The van der Waals surface area contributed by atoms with Gasteiger partial charge in [-0.15, -0.1) is 11.3 Å². The highest BCUT2D eigenvalue weighted by atomic mass is 79.9. The number of hydrogen-bond acceptors (Lipinski definition) is 4. The van der Waals surface area contributed by atoms with Gasteiger partial charge in [0.1, 0.15) is 5.75 Å². The van der Waals surface area contributed by atoms with E-state index in [4.69, 9.17) is 9.84 Å². The molecule has 0 aliphatic carbocycles. The fraction of sp³-hybridized carbons (Fsp3) is 0.150. The molecule has 0 radical (unpaired) electrons. The summed E-state index contributed by atoms with van der Waals surface area (Å²) in [6.45, 7) is 0. The van der Waals surface area contributed by atoms with Gasteiger partial charge in [-0.05, 0) is 57.2 Å². The van der Waals surface area contributed by atoms with E-state index in [0.717, 1.165) is 47.3 Å². The topological polar surface area (TPSA) is 24.8 Å². The molecule has 27 heavy (non-hydrogen) atoms. The molecule has 0 fully saturated rings. The van der Waals surface area contributed by atoms with Gasteiger partial charge in [0.15, 0.2) is 0 Å². The minimum absolute atomic E-state index is 0.147. The first kappa shape index (κ1) is 17.9. The number of thiophene rings is 1. The van der Waals surface area contributed by atoms with Gasteiger partial charge in [-0.25, -0.2) is 5.01 Å². The van der Waals surface area contributed by atoms with E-state index in [9.17, 15) is 0 Å². The molecule has 2 aromatic carbocycles. The van der Waals surface area contributed by atoms with E-state index in [1.54, 1.807) is 11.3 Å². The summed E-state index contributed by atoms with van der Waals surface area (Å²) in [5.74, 6) is 0.908. The third-order valence-corrected chi connectivity index (χ3v) is 7.25. The maximum absolute atomic E-state index is 6.43. The van der Waals surface area contributed by atoms with Gasteiger partial charge in [-0.3, -0.25) is 0 Å². The fourth-order valence-corrected chi connectivity index (χ4v) is 5.91. The highest BCUT2D eigenvalue weighted by Gasteiger charge is 2.42. The van der Waals surface area contributed by atoms with Gasteiger partial charge in [0, 0.05) is 20.9 Å². The first-order valence-electron chi connectivity index (χ1n) is 8.41. The summed E-state index contributed by atoms with van der Waals surface area (Å²) in [5, 5.41) is 9.19. The first-order valence-corrected chi connectivity index (χ1v) is 11.7. The Bertz CT molecular complexity index is 1030. The minimum Gasteiger partial charge on any atom is -0.462 e. The molecule has 0 N–H and O–H groups in total. The largest absolute Gasteiger partial charge is 0.462 e. The van der Waals surface area contributed by atoms with Gasteiger partial charge in [-0.2, -0.15) is 5.10 Å². The van der Waals surface area contributed by atoms with Crippen LogP contribution in [0.5, 0.6) is 5.75 Å². The number of ether oxygens (including phenoxy) is 1. The Morgan fingerprint density at radius 3 is 2.59 bits per heavy atom. The second-order valence-electron chi connectivity index (χ2n) is 6.45. The molecule has 3 nitrogen and oxygen atoms in total. The van der Waals surface area contributed by atoms with Gasteiger partial charge in [0.05, 0.1) is 21.1 Å². The molecular formula is C20H13Br3N2OS. The number of fused-ring (bicyclic) bond motifs is 3. The molecule has 5 rings (SSSR count). The average molecular weight is 569 g/mol. The van der Waals surface area contributed by atoms with Crippen LogP contribution < -0.4 is 4.74 Å². The Hall–Kier alpha value is -1.15. The van der Waals surface area contributed by atoms with Crippen LogP contribution in [0.4, 0.5) is 0 Å². The van der Waals surface area contributed by atoms with E-state index in [2.05, 4.69) is 101 Å². The maximum atomic E-state index is 6.43. The van der Waals surface area contributed by atoms with E-state index in [0.29, 0.717) is 0 Å². The number of halogens is 3. The highest BCUT2D eigenvalue weighted by molar-refractivity contribution is 9.11. The highest BCUT2D eigenvalue weighted by Crippen LogP contribution is 2.51. The SMILES string of the molecule is Brc1ccc(C2=NN3[C@@H](C2)c2cc(Br)cc(Br)c2O[C@H]3c2cccs2)cc1. The Morgan fingerprint density at radius 1 is 1.04 bits per heavy atom. The van der Waals surface area contributed by atoms with Crippen molar-refractivity contribution in [2.24, 2.45) is 5.10 Å². The summed E-state index contributed by atoms with van der Waals surface area (Å²) in [7, 11) is 0. The Balaban J connectivity index is 1.62. The van der Waals surface area contributed by atoms with Crippen molar-refractivity contribution in [2.75, 3.05) is 0 Å². The summed E-state index contributed by atoms with van der Waals surface area (Å²) in [6.07, 6.45) is 0.635. The summed E-state index contributed by atoms with van der Waals surface area (Å²) >= 11 is 12.5. The standard InChI is InChI=1S/C20H13Br3N2OS/c21-12-5-3-11(4-6-12)16-10-17-14-8-13(22)9-15(23)19(14)26-20(25(17)24-16)18-2-1-7-27-18/h1-9,17,20H,10H2/t17-,20-/m0/s1. The maximum Gasteiger partial charge on any atom is 0.223 e. The Morgan fingerprint density at radius 2 is 1.85 bits per heavy atom. The normalized spacial score (nSPS) is 20.7. The van der Waals surface area contributed by atoms with Crippen LogP contribution in [0.2, 0.25) is 0 Å². The molecule has 0 amide bonds. The van der Waals surface area contributed by atoms with Crippen LogP contribution in [0.25, 0.3) is 0 Å². The van der Waals surface area contributed by atoms with E-state index in [1.807, 2.05) is 6.07 Å². The van der Waals surface area contributed by atoms with Crippen molar-refractivity contribution in [3.05, 3.63) is 83.3 Å². The number of benzene rings is 2. The average Bonchev–Trinajstić information content (AvgIpc) is 3.32. The molecule has 0 saturated carbocycles. The van der Waals surface area contributed by atoms with Crippen LogP contribution in [0, 0.1) is 0 Å². The second kappa shape index (κ2) is 7.03. The van der Waals surface area contributed by atoms with Crippen LogP contribution in [0.1, 0.15) is 34.7 Å². The van der Waals surface area contributed by atoms with Crippen molar-refractivity contribution in [2.45, 2.75) is 18.7 Å². The van der Waals surface area contributed by atoms with Gasteiger partial charge in [0.2, 0.25) is 6.23 Å². The molecule has 0 saturated heterocycles. The first-order chi connectivity index (χ1) is 13.1. The Kier molecular flexibility index (Phi) is 4.66. The lowest BCUT2D eigenvalue weighted by Gasteiger charge is -2.38. The van der Waals surface area contributed by atoms with Crippen molar-refractivity contribution < 1.29 is 4.74 Å².